The van der Waals surface area contributed by atoms with Gasteiger partial charge in [0.1, 0.15) is 12.4 Å². The van der Waals surface area contributed by atoms with Crippen LogP contribution >= 0.6 is 27.5 Å². The number of piperazine rings is 1. The molecule has 0 spiro atoms. The lowest BCUT2D eigenvalue weighted by atomic mass is 10.2. The van der Waals surface area contributed by atoms with Crippen molar-refractivity contribution < 1.29 is 4.74 Å². The minimum absolute atomic E-state index is 0.467. The van der Waals surface area contributed by atoms with Crippen LogP contribution in [-0.4, -0.2) is 44.2 Å². The summed E-state index contributed by atoms with van der Waals surface area (Å²) in [5.41, 5.74) is 2.14. The van der Waals surface area contributed by atoms with Gasteiger partial charge in [-0.3, -0.25) is 4.90 Å². The zero-order valence-corrected chi connectivity index (χ0v) is 17.2. The van der Waals surface area contributed by atoms with Crippen LogP contribution in [0.2, 0.25) is 5.02 Å². The molecule has 3 rings (SSSR count). The highest BCUT2D eigenvalue weighted by atomic mass is 79.9. The zero-order chi connectivity index (χ0) is 18.2. The number of hydrogen-bond acceptors (Lipinski definition) is 4. The maximum atomic E-state index is 6.22. The molecule has 0 aromatic heterocycles. The Labute approximate surface area is 169 Å². The highest BCUT2D eigenvalue weighted by Crippen LogP contribution is 2.25. The molecule has 1 aliphatic heterocycles. The molecule has 1 saturated heterocycles. The Morgan fingerprint density at radius 3 is 2.73 bits per heavy atom. The zero-order valence-electron chi connectivity index (χ0n) is 14.8. The maximum absolute atomic E-state index is 6.22. The van der Waals surface area contributed by atoms with Gasteiger partial charge in [0.2, 0.25) is 0 Å². The van der Waals surface area contributed by atoms with Crippen LogP contribution in [0.25, 0.3) is 0 Å². The van der Waals surface area contributed by atoms with Crippen LogP contribution in [0.1, 0.15) is 11.1 Å². The second kappa shape index (κ2) is 10.3. The highest BCUT2D eigenvalue weighted by Gasteiger charge is 2.10. The molecule has 2 aromatic carbocycles. The van der Waals surface area contributed by atoms with E-state index in [0.717, 1.165) is 72.2 Å². The number of rotatable bonds is 8. The van der Waals surface area contributed by atoms with Gasteiger partial charge in [-0.1, -0.05) is 45.7 Å². The van der Waals surface area contributed by atoms with Crippen LogP contribution in [0, 0.1) is 0 Å². The summed E-state index contributed by atoms with van der Waals surface area (Å²) in [6.07, 6.45) is 0. The van der Waals surface area contributed by atoms with Crippen molar-refractivity contribution >= 4 is 27.5 Å². The van der Waals surface area contributed by atoms with Gasteiger partial charge in [0.15, 0.2) is 0 Å². The Morgan fingerprint density at radius 2 is 1.92 bits per heavy atom. The van der Waals surface area contributed by atoms with Crippen molar-refractivity contribution in [1.29, 1.82) is 0 Å². The number of hydrogen-bond donors (Lipinski definition) is 2. The lowest BCUT2D eigenvalue weighted by Crippen LogP contribution is -2.45. The Hall–Kier alpha value is -1.11. The van der Waals surface area contributed by atoms with Crippen molar-refractivity contribution in [3.05, 3.63) is 63.1 Å². The third-order valence-electron chi connectivity index (χ3n) is 4.49. The molecular formula is C20H25BrClN3O. The lowest BCUT2D eigenvalue weighted by molar-refractivity contribution is 0.240. The van der Waals surface area contributed by atoms with Crippen molar-refractivity contribution in [3.63, 3.8) is 0 Å². The minimum atomic E-state index is 0.467. The van der Waals surface area contributed by atoms with Gasteiger partial charge in [0, 0.05) is 66.4 Å². The molecule has 2 N–H and O–H groups in total. The summed E-state index contributed by atoms with van der Waals surface area (Å²) in [6.45, 7) is 7.73. The third-order valence-corrected chi connectivity index (χ3v) is 5.36. The second-order valence-corrected chi connectivity index (χ2v) is 7.72. The molecule has 140 valence electrons. The fourth-order valence-corrected chi connectivity index (χ4v) is 3.59. The van der Waals surface area contributed by atoms with E-state index in [1.165, 1.54) is 0 Å². The van der Waals surface area contributed by atoms with Crippen molar-refractivity contribution in [2.75, 3.05) is 39.3 Å². The number of benzene rings is 2. The van der Waals surface area contributed by atoms with Crippen LogP contribution < -0.4 is 15.4 Å². The normalized spacial score (nSPS) is 15.2. The highest BCUT2D eigenvalue weighted by molar-refractivity contribution is 9.10. The molecular weight excluding hydrogens is 414 g/mol. The summed E-state index contributed by atoms with van der Waals surface area (Å²) in [4.78, 5) is 2.49. The van der Waals surface area contributed by atoms with Crippen molar-refractivity contribution in [2.45, 2.75) is 13.2 Å². The standard InChI is InChI=1S/C20H25BrClN3O/c21-18-5-6-20(26-15-16-3-1-2-4-19(16)22)17(13-18)14-24-9-12-25-10-7-23-8-11-25/h1-6,13,23-24H,7-12,14-15H2. The first kappa shape index (κ1) is 19.6. The van der Waals surface area contributed by atoms with E-state index < -0.39 is 0 Å². The van der Waals surface area contributed by atoms with E-state index in [0.29, 0.717) is 6.61 Å². The lowest BCUT2D eigenvalue weighted by Gasteiger charge is -2.27. The largest absolute Gasteiger partial charge is 0.489 e. The minimum Gasteiger partial charge on any atom is -0.489 e. The van der Waals surface area contributed by atoms with E-state index in [1.807, 2.05) is 36.4 Å². The topological polar surface area (TPSA) is 36.5 Å². The summed E-state index contributed by atoms with van der Waals surface area (Å²) in [6, 6.07) is 13.9. The summed E-state index contributed by atoms with van der Waals surface area (Å²) < 4.78 is 7.10. The van der Waals surface area contributed by atoms with Crippen LogP contribution in [0.5, 0.6) is 5.75 Å². The van der Waals surface area contributed by atoms with Gasteiger partial charge in [-0.2, -0.15) is 0 Å². The fraction of sp³-hybridized carbons (Fsp3) is 0.400. The first-order valence-corrected chi connectivity index (χ1v) is 10.2. The fourth-order valence-electron chi connectivity index (χ4n) is 2.99. The summed E-state index contributed by atoms with van der Waals surface area (Å²) in [5.74, 6) is 0.891. The maximum Gasteiger partial charge on any atom is 0.124 e. The van der Waals surface area contributed by atoms with Gasteiger partial charge < -0.3 is 15.4 Å². The molecule has 4 nitrogen and oxygen atoms in total. The quantitative estimate of drug-likeness (QED) is 0.617. The van der Waals surface area contributed by atoms with Gasteiger partial charge >= 0.3 is 0 Å². The molecule has 0 amide bonds. The first-order chi connectivity index (χ1) is 12.7. The molecule has 0 unspecified atom stereocenters. The van der Waals surface area contributed by atoms with Gasteiger partial charge in [0.05, 0.1) is 0 Å². The predicted molar refractivity (Wildman–Crippen MR) is 111 cm³/mol. The van der Waals surface area contributed by atoms with Crippen LogP contribution in [0.15, 0.2) is 46.9 Å². The van der Waals surface area contributed by atoms with E-state index >= 15 is 0 Å². The Bertz CT molecular complexity index is 707. The summed E-state index contributed by atoms with van der Waals surface area (Å²) >= 11 is 9.78. The average molecular weight is 439 g/mol. The van der Waals surface area contributed by atoms with Gasteiger partial charge in [-0.15, -0.1) is 0 Å². The number of nitrogens with zero attached hydrogens (tertiary/aromatic N) is 1. The third kappa shape index (κ3) is 5.96. The molecule has 26 heavy (non-hydrogen) atoms. The van der Waals surface area contributed by atoms with Gasteiger partial charge in [0.25, 0.3) is 0 Å². The van der Waals surface area contributed by atoms with E-state index in [1.54, 1.807) is 0 Å². The van der Waals surface area contributed by atoms with E-state index in [-0.39, 0.29) is 0 Å². The van der Waals surface area contributed by atoms with Gasteiger partial charge in [-0.05, 0) is 24.3 Å². The van der Waals surface area contributed by atoms with Crippen molar-refractivity contribution in [3.8, 4) is 5.75 Å². The molecule has 0 bridgehead atoms. The SMILES string of the molecule is Clc1ccccc1COc1ccc(Br)cc1CNCCN1CCNCC1. The van der Waals surface area contributed by atoms with Gasteiger partial charge in [-0.25, -0.2) is 0 Å². The molecule has 0 saturated carbocycles. The molecule has 1 fully saturated rings. The first-order valence-electron chi connectivity index (χ1n) is 9.01. The Balaban J connectivity index is 1.52. The smallest absolute Gasteiger partial charge is 0.124 e. The molecule has 0 aliphatic carbocycles. The molecule has 1 aliphatic rings. The number of nitrogens with one attached hydrogen (secondary N) is 2. The molecule has 0 atom stereocenters. The monoisotopic (exact) mass is 437 g/mol. The molecule has 2 aromatic rings. The summed E-state index contributed by atoms with van der Waals surface area (Å²) in [7, 11) is 0. The summed E-state index contributed by atoms with van der Waals surface area (Å²) in [5, 5.41) is 7.66. The van der Waals surface area contributed by atoms with Crippen LogP contribution in [0.4, 0.5) is 0 Å². The Kier molecular flexibility index (Phi) is 7.77. The predicted octanol–water partition coefficient (Wildman–Crippen LogP) is 3.68. The average Bonchev–Trinajstić information content (AvgIpc) is 2.66. The van der Waals surface area contributed by atoms with E-state index in [4.69, 9.17) is 16.3 Å². The van der Waals surface area contributed by atoms with E-state index in [9.17, 15) is 0 Å². The number of halogens is 2. The van der Waals surface area contributed by atoms with E-state index in [2.05, 4.69) is 37.5 Å². The molecule has 6 heteroatoms. The number of ether oxygens (including phenoxy) is 1. The van der Waals surface area contributed by atoms with Crippen molar-refractivity contribution in [2.24, 2.45) is 0 Å². The molecule has 1 heterocycles. The van der Waals surface area contributed by atoms with Crippen molar-refractivity contribution in [1.82, 2.24) is 15.5 Å². The van der Waals surface area contributed by atoms with Crippen LogP contribution in [-0.2, 0) is 13.2 Å². The second-order valence-electron chi connectivity index (χ2n) is 6.40. The molecule has 0 radical (unpaired) electrons. The van der Waals surface area contributed by atoms with Crippen LogP contribution in [0.3, 0.4) is 0 Å². The Morgan fingerprint density at radius 1 is 1.12 bits per heavy atom.